The van der Waals surface area contributed by atoms with Crippen molar-refractivity contribution in [3.63, 3.8) is 0 Å². The monoisotopic (exact) mass is 353 g/mol. The number of hydrogen-bond acceptors (Lipinski definition) is 5. The van der Waals surface area contributed by atoms with Gasteiger partial charge in [0.25, 0.3) is 0 Å². The van der Waals surface area contributed by atoms with Gasteiger partial charge in [-0.2, -0.15) is 0 Å². The molecule has 0 N–H and O–H groups in total. The largest absolute Gasteiger partial charge is 0.300 e. The summed E-state index contributed by atoms with van der Waals surface area (Å²) in [6.07, 6.45) is 2.06. The van der Waals surface area contributed by atoms with Crippen molar-refractivity contribution in [3.05, 3.63) is 0 Å². The molecule has 0 heterocycles. The Morgan fingerprint density at radius 3 is 1.45 bits per heavy atom. The molecule has 0 saturated heterocycles. The molecule has 0 fully saturated rings. The topological polar surface area (TPSA) is 61.8 Å². The standard InChI is InChI=1S/C7H12O2.3C3H7O.Ti/c1-3-4-7(9)5-6(2)8;3*1-3(2)4;/h3-5H2,1-2H3;3*3H,1-2H3;/q;3*-1;+3. The third kappa shape index (κ3) is 19.9. The fourth-order valence-corrected chi connectivity index (χ4v) is 3.37. The minimum Gasteiger partial charge on any atom is -0.300 e. The van der Waals surface area contributed by atoms with Crippen molar-refractivity contribution in [2.24, 2.45) is 0 Å². The van der Waals surface area contributed by atoms with Gasteiger partial charge in [0, 0.05) is 6.42 Å². The maximum Gasteiger partial charge on any atom is 0.140 e. The zero-order chi connectivity index (χ0) is 17.7. The Labute approximate surface area is 143 Å². The van der Waals surface area contributed by atoms with Gasteiger partial charge in [-0.05, 0) is 13.3 Å². The molecule has 0 rings (SSSR count). The van der Waals surface area contributed by atoms with Crippen LogP contribution in [-0.2, 0) is 38.6 Å². The zero-order valence-electron chi connectivity index (χ0n) is 15.4. The average molecular weight is 353 g/mol. The molecule has 22 heavy (non-hydrogen) atoms. The van der Waals surface area contributed by atoms with E-state index in [1.165, 1.54) is 6.92 Å². The van der Waals surface area contributed by atoms with Gasteiger partial charge in [0.15, 0.2) is 0 Å². The Bertz CT molecular complexity index is 279. The van der Waals surface area contributed by atoms with Gasteiger partial charge < -0.3 is 0 Å². The quantitative estimate of drug-likeness (QED) is 0.439. The average Bonchev–Trinajstić information content (AvgIpc) is 2.25. The summed E-state index contributed by atoms with van der Waals surface area (Å²) in [5.74, 6) is 0.0263. The van der Waals surface area contributed by atoms with Crippen molar-refractivity contribution in [1.82, 2.24) is 0 Å². The minimum absolute atomic E-state index is 0.0338. The van der Waals surface area contributed by atoms with Crippen LogP contribution < -0.4 is 0 Å². The molecule has 5 nitrogen and oxygen atoms in total. The molecule has 0 aliphatic rings. The number of carbonyl (C=O) groups excluding carboxylic acids is 2. The molecule has 0 aromatic heterocycles. The zero-order valence-corrected chi connectivity index (χ0v) is 17.0. The molecular weight excluding hydrogens is 320 g/mol. The molecule has 0 aromatic rings. The van der Waals surface area contributed by atoms with Gasteiger partial charge in [0.05, 0.1) is 6.42 Å². The molecule has 6 heteroatoms. The fourth-order valence-electron chi connectivity index (χ4n) is 1.31. The maximum absolute atomic E-state index is 10.6. The van der Waals surface area contributed by atoms with E-state index in [2.05, 4.69) is 0 Å². The summed E-state index contributed by atoms with van der Waals surface area (Å²) < 4.78 is 16.8. The summed E-state index contributed by atoms with van der Waals surface area (Å²) in [4.78, 5) is 20.9. The van der Waals surface area contributed by atoms with Crippen LogP contribution in [0.15, 0.2) is 0 Å². The molecule has 0 aromatic carbocycles. The van der Waals surface area contributed by atoms with E-state index >= 15 is 0 Å². The van der Waals surface area contributed by atoms with Gasteiger partial charge in [-0.3, -0.25) is 9.59 Å². The molecule has 0 radical (unpaired) electrons. The second kappa shape index (κ2) is 14.5. The third-order valence-electron chi connectivity index (χ3n) is 1.97. The molecular formula is C16H33O5Ti. The SMILES string of the molecule is CC(C)[O][Ti]([O]C(C)C)[O]C(C)C.CCCC(=O)CC(C)=O. The Balaban J connectivity index is 0. The first-order chi connectivity index (χ1) is 10.1. The Morgan fingerprint density at radius 1 is 0.864 bits per heavy atom. The minimum atomic E-state index is -2.18. The predicted molar refractivity (Wildman–Crippen MR) is 83.9 cm³/mol. The molecule has 0 amide bonds. The Morgan fingerprint density at radius 2 is 1.23 bits per heavy atom. The number of ketones is 2. The summed E-state index contributed by atoms with van der Waals surface area (Å²) in [5, 5.41) is 0. The van der Waals surface area contributed by atoms with E-state index in [1.54, 1.807) is 0 Å². The van der Waals surface area contributed by atoms with E-state index in [4.69, 9.17) is 9.96 Å². The van der Waals surface area contributed by atoms with Crippen molar-refractivity contribution >= 4 is 11.6 Å². The first kappa shape index (κ1) is 24.2. The van der Waals surface area contributed by atoms with E-state index in [9.17, 15) is 9.59 Å². The second-order valence-electron chi connectivity index (χ2n) is 5.92. The van der Waals surface area contributed by atoms with Crippen LogP contribution in [0.2, 0.25) is 0 Å². The third-order valence-corrected chi connectivity index (χ3v) is 5.08. The van der Waals surface area contributed by atoms with Crippen LogP contribution in [0.5, 0.6) is 0 Å². The number of Topliss-reactive ketones (excluding diaryl/α,β-unsaturated/α-hetero) is 2. The van der Waals surface area contributed by atoms with Gasteiger partial charge in [0.2, 0.25) is 0 Å². The molecule has 0 unspecified atom stereocenters. The normalized spacial score (nSPS) is 10.7. The maximum atomic E-state index is 10.6. The number of rotatable bonds is 10. The molecule has 0 spiro atoms. The molecule has 0 bridgehead atoms. The van der Waals surface area contributed by atoms with Crippen molar-refractivity contribution in [3.8, 4) is 0 Å². The van der Waals surface area contributed by atoms with E-state index in [-0.39, 0.29) is 36.3 Å². The Kier molecular flexibility index (Phi) is 16.0. The van der Waals surface area contributed by atoms with E-state index in [0.717, 1.165) is 6.42 Å². The second-order valence-corrected chi connectivity index (χ2v) is 7.80. The summed E-state index contributed by atoms with van der Waals surface area (Å²) >= 11 is -2.18. The molecule has 131 valence electrons. The molecule has 0 aliphatic heterocycles. The van der Waals surface area contributed by atoms with Crippen LogP contribution in [0.3, 0.4) is 0 Å². The van der Waals surface area contributed by atoms with E-state index < -0.39 is 19.0 Å². The number of carbonyl (C=O) groups is 2. The first-order valence-electron chi connectivity index (χ1n) is 7.96. The van der Waals surface area contributed by atoms with Gasteiger partial charge in [-0.15, -0.1) is 0 Å². The van der Waals surface area contributed by atoms with Gasteiger partial charge in [-0.1, -0.05) is 6.92 Å². The van der Waals surface area contributed by atoms with E-state index in [1.807, 2.05) is 48.5 Å². The first-order valence-corrected chi connectivity index (χ1v) is 9.87. The van der Waals surface area contributed by atoms with Crippen molar-refractivity contribution in [1.29, 1.82) is 0 Å². The summed E-state index contributed by atoms with van der Waals surface area (Å²) in [5.41, 5.74) is 0. The van der Waals surface area contributed by atoms with Crippen LogP contribution in [0.25, 0.3) is 0 Å². The summed E-state index contributed by atoms with van der Waals surface area (Å²) in [6, 6.07) is 0. The predicted octanol–water partition coefficient (Wildman–Crippen LogP) is 3.96. The van der Waals surface area contributed by atoms with Gasteiger partial charge >= 0.3 is 88.8 Å². The van der Waals surface area contributed by atoms with Gasteiger partial charge in [0.1, 0.15) is 11.6 Å². The van der Waals surface area contributed by atoms with Crippen LogP contribution in [0.1, 0.15) is 74.7 Å². The van der Waals surface area contributed by atoms with Crippen LogP contribution >= 0.6 is 0 Å². The van der Waals surface area contributed by atoms with Crippen LogP contribution in [-0.4, -0.2) is 29.9 Å². The fraction of sp³-hybridized carbons (Fsp3) is 0.875. The number of hydrogen-bond donors (Lipinski definition) is 0. The van der Waals surface area contributed by atoms with Crippen molar-refractivity contribution in [2.75, 3.05) is 0 Å². The summed E-state index contributed by atoms with van der Waals surface area (Å²) in [6.45, 7) is 15.4. The van der Waals surface area contributed by atoms with Crippen LogP contribution in [0, 0.1) is 0 Å². The summed E-state index contributed by atoms with van der Waals surface area (Å²) in [7, 11) is 0. The molecule has 0 saturated carbocycles. The Hall–Kier alpha value is -0.0657. The molecule has 0 aliphatic carbocycles. The smallest absolute Gasteiger partial charge is 0.140 e. The van der Waals surface area contributed by atoms with Crippen LogP contribution in [0.4, 0.5) is 0 Å². The van der Waals surface area contributed by atoms with Gasteiger partial charge in [-0.25, -0.2) is 0 Å². The van der Waals surface area contributed by atoms with Crippen molar-refractivity contribution in [2.45, 2.75) is 93.0 Å². The molecule has 0 atom stereocenters. The van der Waals surface area contributed by atoms with E-state index in [0.29, 0.717) is 6.42 Å². The van der Waals surface area contributed by atoms with Crippen molar-refractivity contribution < 1.29 is 38.6 Å².